The van der Waals surface area contributed by atoms with E-state index in [1.165, 1.54) is 25.7 Å². The Balaban J connectivity index is 0.00000324. The highest BCUT2D eigenvalue weighted by atomic mass is 35.5. The van der Waals surface area contributed by atoms with E-state index in [1.807, 2.05) is 20.8 Å². The molecular weight excluding hydrogens is 262 g/mol. The average Bonchev–Trinajstić information content (AvgIpc) is 2.18. The molecule has 0 aliphatic heterocycles. The first-order valence-electron chi connectivity index (χ1n) is 7.07. The van der Waals surface area contributed by atoms with Gasteiger partial charge in [0.1, 0.15) is 11.6 Å². The van der Waals surface area contributed by atoms with Gasteiger partial charge < -0.3 is 10.5 Å². The van der Waals surface area contributed by atoms with Crippen molar-refractivity contribution < 1.29 is 9.53 Å². The van der Waals surface area contributed by atoms with Crippen molar-refractivity contribution in [2.24, 2.45) is 17.1 Å². The zero-order valence-corrected chi connectivity index (χ0v) is 13.8. The smallest absolute Gasteiger partial charge is 0.323 e. The van der Waals surface area contributed by atoms with Gasteiger partial charge >= 0.3 is 5.97 Å². The normalized spacial score (nSPS) is 21.4. The summed E-state index contributed by atoms with van der Waals surface area (Å²) in [6.45, 7) is 10.3. The molecule has 2 N–H and O–H groups in total. The molecule has 0 bridgehead atoms. The largest absolute Gasteiger partial charge is 0.459 e. The van der Waals surface area contributed by atoms with Crippen molar-refractivity contribution in [3.05, 3.63) is 0 Å². The van der Waals surface area contributed by atoms with E-state index in [0.717, 1.165) is 6.42 Å². The molecule has 0 amide bonds. The topological polar surface area (TPSA) is 52.3 Å². The molecule has 19 heavy (non-hydrogen) atoms. The van der Waals surface area contributed by atoms with Gasteiger partial charge in [-0.15, -0.1) is 12.4 Å². The third-order valence-corrected chi connectivity index (χ3v) is 3.76. The molecule has 114 valence electrons. The predicted octanol–water partition coefficient (Wildman–Crippen LogP) is 3.68. The fourth-order valence-electron chi connectivity index (χ4n) is 2.53. The zero-order valence-electron chi connectivity index (χ0n) is 13.0. The van der Waals surface area contributed by atoms with Crippen LogP contribution in [-0.4, -0.2) is 17.6 Å². The van der Waals surface area contributed by atoms with Crippen molar-refractivity contribution in [3.8, 4) is 0 Å². The van der Waals surface area contributed by atoms with Gasteiger partial charge in [-0.05, 0) is 64.2 Å². The number of halogens is 1. The number of hydrogen-bond donors (Lipinski definition) is 1. The molecule has 0 saturated heterocycles. The van der Waals surface area contributed by atoms with Gasteiger partial charge in [-0.25, -0.2) is 0 Å². The van der Waals surface area contributed by atoms with Crippen molar-refractivity contribution in [2.45, 2.75) is 78.4 Å². The van der Waals surface area contributed by atoms with E-state index in [2.05, 4.69) is 13.8 Å². The van der Waals surface area contributed by atoms with Crippen LogP contribution in [0.25, 0.3) is 0 Å². The van der Waals surface area contributed by atoms with Gasteiger partial charge in [-0.2, -0.15) is 0 Å². The molecular formula is C15H30ClNO2. The lowest BCUT2D eigenvalue weighted by molar-refractivity contribution is -0.157. The molecule has 4 heteroatoms. The summed E-state index contributed by atoms with van der Waals surface area (Å²) in [7, 11) is 0. The van der Waals surface area contributed by atoms with Crippen LogP contribution in [0.1, 0.15) is 66.7 Å². The summed E-state index contributed by atoms with van der Waals surface area (Å²) in [5.74, 6) is 0.327. The van der Waals surface area contributed by atoms with Crippen LogP contribution in [0.4, 0.5) is 0 Å². The molecule has 1 saturated carbocycles. The van der Waals surface area contributed by atoms with E-state index in [4.69, 9.17) is 10.5 Å². The van der Waals surface area contributed by atoms with Gasteiger partial charge in [-0.1, -0.05) is 13.8 Å². The monoisotopic (exact) mass is 291 g/mol. The molecule has 0 aromatic carbocycles. The van der Waals surface area contributed by atoms with E-state index in [1.54, 1.807) is 0 Å². The molecule has 0 radical (unpaired) electrons. The maximum Gasteiger partial charge on any atom is 0.323 e. The van der Waals surface area contributed by atoms with Crippen LogP contribution < -0.4 is 5.73 Å². The Hall–Kier alpha value is -0.280. The number of carbonyl (C=O) groups excluding carboxylic acids is 1. The van der Waals surface area contributed by atoms with E-state index in [9.17, 15) is 4.79 Å². The quantitative estimate of drug-likeness (QED) is 0.807. The number of ether oxygens (including phenoxy) is 1. The molecule has 1 rings (SSSR count). The van der Waals surface area contributed by atoms with Gasteiger partial charge in [0.2, 0.25) is 0 Å². The molecule has 1 fully saturated rings. The first kappa shape index (κ1) is 18.7. The molecule has 0 aromatic heterocycles. The Morgan fingerprint density at radius 3 is 2.21 bits per heavy atom. The van der Waals surface area contributed by atoms with Crippen LogP contribution in [0, 0.1) is 11.3 Å². The van der Waals surface area contributed by atoms with Crippen molar-refractivity contribution in [1.29, 1.82) is 0 Å². The Bertz CT molecular complexity index is 287. The standard InChI is InChI=1S/C15H29NO2.ClH/c1-14(2,3)18-13(17)12(16)10-11-6-8-15(4,5)9-7-11;/h11-12H,6-10,16H2,1-5H3;1H. The minimum absolute atomic E-state index is 0. The molecule has 0 heterocycles. The fourth-order valence-corrected chi connectivity index (χ4v) is 2.53. The van der Waals surface area contributed by atoms with Gasteiger partial charge in [-0.3, -0.25) is 4.79 Å². The molecule has 1 atom stereocenters. The van der Waals surface area contributed by atoms with E-state index < -0.39 is 11.6 Å². The van der Waals surface area contributed by atoms with E-state index in [-0.39, 0.29) is 18.4 Å². The predicted molar refractivity (Wildman–Crippen MR) is 81.4 cm³/mol. The van der Waals surface area contributed by atoms with Crippen LogP contribution in [-0.2, 0) is 9.53 Å². The molecule has 0 aromatic rings. The number of nitrogens with two attached hydrogens (primary N) is 1. The summed E-state index contributed by atoms with van der Waals surface area (Å²) in [5.41, 5.74) is 5.97. The summed E-state index contributed by atoms with van der Waals surface area (Å²) in [5, 5.41) is 0. The Kier molecular flexibility index (Phi) is 6.84. The highest BCUT2D eigenvalue weighted by molar-refractivity contribution is 5.85. The van der Waals surface area contributed by atoms with Crippen LogP contribution in [0.15, 0.2) is 0 Å². The lowest BCUT2D eigenvalue weighted by Crippen LogP contribution is -2.39. The van der Waals surface area contributed by atoms with Gasteiger partial charge in [0, 0.05) is 0 Å². The molecule has 3 nitrogen and oxygen atoms in total. The van der Waals surface area contributed by atoms with Crippen LogP contribution in [0.2, 0.25) is 0 Å². The molecule has 1 unspecified atom stereocenters. The number of carbonyl (C=O) groups is 1. The Labute approximate surface area is 124 Å². The lowest BCUT2D eigenvalue weighted by atomic mass is 9.72. The maximum atomic E-state index is 11.8. The second kappa shape index (κ2) is 6.94. The molecule has 0 spiro atoms. The highest BCUT2D eigenvalue weighted by Gasteiger charge is 2.30. The molecule has 1 aliphatic carbocycles. The maximum absolute atomic E-state index is 11.8. The summed E-state index contributed by atoms with van der Waals surface area (Å²) in [6.07, 6.45) is 5.61. The number of hydrogen-bond acceptors (Lipinski definition) is 3. The Morgan fingerprint density at radius 1 is 1.32 bits per heavy atom. The van der Waals surface area contributed by atoms with Crippen molar-refractivity contribution in [3.63, 3.8) is 0 Å². The minimum Gasteiger partial charge on any atom is -0.459 e. The first-order valence-corrected chi connectivity index (χ1v) is 7.07. The van der Waals surface area contributed by atoms with Crippen molar-refractivity contribution in [2.75, 3.05) is 0 Å². The third-order valence-electron chi connectivity index (χ3n) is 3.76. The summed E-state index contributed by atoms with van der Waals surface area (Å²) >= 11 is 0. The van der Waals surface area contributed by atoms with Gasteiger partial charge in [0.05, 0.1) is 0 Å². The second-order valence-corrected chi connectivity index (χ2v) is 7.48. The van der Waals surface area contributed by atoms with Gasteiger partial charge in [0.15, 0.2) is 0 Å². The Morgan fingerprint density at radius 2 is 1.79 bits per heavy atom. The van der Waals surface area contributed by atoms with E-state index in [0.29, 0.717) is 11.3 Å². The summed E-state index contributed by atoms with van der Waals surface area (Å²) in [6, 6.07) is -0.463. The molecule has 1 aliphatic rings. The van der Waals surface area contributed by atoms with Crippen molar-refractivity contribution >= 4 is 18.4 Å². The third kappa shape index (κ3) is 7.17. The van der Waals surface area contributed by atoms with Crippen LogP contribution in [0.5, 0.6) is 0 Å². The zero-order chi connectivity index (χ0) is 14.0. The number of esters is 1. The first-order chi connectivity index (χ1) is 8.09. The average molecular weight is 292 g/mol. The minimum atomic E-state index is -0.463. The SMILES string of the molecule is CC1(C)CCC(CC(N)C(=O)OC(C)(C)C)CC1.Cl. The van der Waals surface area contributed by atoms with Crippen LogP contribution in [0.3, 0.4) is 0 Å². The summed E-state index contributed by atoms with van der Waals surface area (Å²) in [4.78, 5) is 11.8. The van der Waals surface area contributed by atoms with Gasteiger partial charge in [0.25, 0.3) is 0 Å². The fraction of sp³-hybridized carbons (Fsp3) is 0.933. The second-order valence-electron chi connectivity index (χ2n) is 7.48. The lowest BCUT2D eigenvalue weighted by Gasteiger charge is -2.35. The summed E-state index contributed by atoms with van der Waals surface area (Å²) < 4.78 is 5.32. The number of rotatable bonds is 3. The highest BCUT2D eigenvalue weighted by Crippen LogP contribution is 2.39. The van der Waals surface area contributed by atoms with Crippen molar-refractivity contribution in [1.82, 2.24) is 0 Å². The van der Waals surface area contributed by atoms with Crippen LogP contribution >= 0.6 is 12.4 Å². The van der Waals surface area contributed by atoms with E-state index >= 15 is 0 Å².